The van der Waals surface area contributed by atoms with Crippen LogP contribution in [0.15, 0.2) is 22.7 Å². The quantitative estimate of drug-likeness (QED) is 0.920. The van der Waals surface area contributed by atoms with Gasteiger partial charge in [-0.2, -0.15) is 0 Å². The first kappa shape index (κ1) is 14.7. The molecule has 0 amide bonds. The van der Waals surface area contributed by atoms with Gasteiger partial charge in [-0.05, 0) is 31.5 Å². The van der Waals surface area contributed by atoms with E-state index in [1.54, 1.807) is 6.07 Å². The second kappa shape index (κ2) is 7.19. The lowest BCUT2D eigenvalue weighted by Crippen LogP contribution is -2.33. The summed E-state index contributed by atoms with van der Waals surface area (Å²) in [7, 11) is 0. The molecule has 2 rings (SSSR count). The number of benzene rings is 1. The highest BCUT2D eigenvalue weighted by atomic mass is 79.9. The van der Waals surface area contributed by atoms with Gasteiger partial charge in [0.1, 0.15) is 11.6 Å². The average Bonchev–Trinajstić information content (AvgIpc) is 2.27. The molecule has 17 heavy (non-hydrogen) atoms. The van der Waals surface area contributed by atoms with E-state index in [1.165, 1.54) is 25.0 Å². The molecule has 1 heterocycles. The van der Waals surface area contributed by atoms with Crippen molar-refractivity contribution in [1.82, 2.24) is 5.32 Å². The normalized spacial score (nSPS) is 19.5. The van der Waals surface area contributed by atoms with Crippen molar-refractivity contribution < 1.29 is 9.13 Å². The SMILES string of the molecule is Cl.Fc1cc(Br)cc(OCC2CCCNC2)c1. The number of piperidine rings is 1. The lowest BCUT2D eigenvalue weighted by atomic mass is 10.0. The summed E-state index contributed by atoms with van der Waals surface area (Å²) in [5, 5.41) is 3.33. The van der Waals surface area contributed by atoms with E-state index in [1.807, 2.05) is 0 Å². The van der Waals surface area contributed by atoms with Crippen molar-refractivity contribution in [2.75, 3.05) is 19.7 Å². The van der Waals surface area contributed by atoms with Gasteiger partial charge in [-0.1, -0.05) is 15.9 Å². The fraction of sp³-hybridized carbons (Fsp3) is 0.500. The molecule has 1 atom stereocenters. The van der Waals surface area contributed by atoms with E-state index in [9.17, 15) is 4.39 Å². The molecule has 1 unspecified atom stereocenters. The van der Waals surface area contributed by atoms with Crippen LogP contribution in [-0.4, -0.2) is 19.7 Å². The summed E-state index contributed by atoms with van der Waals surface area (Å²) in [5.41, 5.74) is 0. The number of ether oxygens (including phenoxy) is 1. The van der Waals surface area contributed by atoms with E-state index in [-0.39, 0.29) is 18.2 Å². The van der Waals surface area contributed by atoms with Crippen LogP contribution in [0.2, 0.25) is 0 Å². The van der Waals surface area contributed by atoms with Crippen molar-refractivity contribution in [3.05, 3.63) is 28.5 Å². The molecule has 0 radical (unpaired) electrons. The number of nitrogens with one attached hydrogen (secondary N) is 1. The molecule has 5 heteroatoms. The van der Waals surface area contributed by atoms with Crippen LogP contribution in [0.5, 0.6) is 5.75 Å². The number of halogens is 3. The van der Waals surface area contributed by atoms with Crippen molar-refractivity contribution in [2.45, 2.75) is 12.8 Å². The van der Waals surface area contributed by atoms with Gasteiger partial charge in [0.15, 0.2) is 0 Å². The predicted molar refractivity (Wildman–Crippen MR) is 72.4 cm³/mol. The average molecular weight is 325 g/mol. The van der Waals surface area contributed by atoms with Crippen LogP contribution in [0.1, 0.15) is 12.8 Å². The summed E-state index contributed by atoms with van der Waals surface area (Å²) in [6.45, 7) is 2.75. The molecule has 96 valence electrons. The van der Waals surface area contributed by atoms with E-state index >= 15 is 0 Å². The van der Waals surface area contributed by atoms with Crippen molar-refractivity contribution in [3.8, 4) is 5.75 Å². The molecule has 0 aliphatic carbocycles. The minimum absolute atomic E-state index is 0. The fourth-order valence-electron chi connectivity index (χ4n) is 1.89. The van der Waals surface area contributed by atoms with Crippen LogP contribution in [0.25, 0.3) is 0 Å². The molecule has 0 spiro atoms. The summed E-state index contributed by atoms with van der Waals surface area (Å²) in [6, 6.07) is 4.63. The maximum absolute atomic E-state index is 13.1. The lowest BCUT2D eigenvalue weighted by Gasteiger charge is -2.22. The third-order valence-corrected chi connectivity index (χ3v) is 3.18. The van der Waals surface area contributed by atoms with Crippen molar-refractivity contribution >= 4 is 28.3 Å². The van der Waals surface area contributed by atoms with Crippen molar-refractivity contribution in [1.29, 1.82) is 0 Å². The molecule has 1 aromatic carbocycles. The Kier molecular flexibility index (Phi) is 6.23. The minimum Gasteiger partial charge on any atom is -0.493 e. The fourth-order valence-corrected chi connectivity index (χ4v) is 2.34. The highest BCUT2D eigenvalue weighted by molar-refractivity contribution is 9.10. The van der Waals surface area contributed by atoms with E-state index < -0.39 is 0 Å². The van der Waals surface area contributed by atoms with Gasteiger partial charge in [-0.25, -0.2) is 4.39 Å². The van der Waals surface area contributed by atoms with E-state index in [4.69, 9.17) is 4.74 Å². The first-order valence-corrected chi connectivity index (χ1v) is 6.33. The number of hydrogen-bond donors (Lipinski definition) is 1. The standard InChI is InChI=1S/C12H15BrFNO.ClH/c13-10-4-11(14)6-12(5-10)16-8-9-2-1-3-15-7-9;/h4-6,9,15H,1-3,7-8H2;1H. The number of rotatable bonds is 3. The van der Waals surface area contributed by atoms with Gasteiger partial charge in [-0.15, -0.1) is 12.4 Å². The second-order valence-electron chi connectivity index (χ2n) is 4.13. The third kappa shape index (κ3) is 4.82. The van der Waals surface area contributed by atoms with Crippen LogP contribution in [-0.2, 0) is 0 Å². The highest BCUT2D eigenvalue weighted by Gasteiger charge is 2.13. The van der Waals surface area contributed by atoms with Gasteiger partial charge in [0.25, 0.3) is 0 Å². The van der Waals surface area contributed by atoms with Crippen LogP contribution in [0.3, 0.4) is 0 Å². The second-order valence-corrected chi connectivity index (χ2v) is 5.04. The maximum Gasteiger partial charge on any atom is 0.128 e. The Morgan fingerprint density at radius 3 is 2.88 bits per heavy atom. The van der Waals surface area contributed by atoms with Crippen molar-refractivity contribution in [3.63, 3.8) is 0 Å². The third-order valence-electron chi connectivity index (χ3n) is 2.72. The Morgan fingerprint density at radius 2 is 2.24 bits per heavy atom. The van der Waals surface area contributed by atoms with Crippen LogP contribution in [0.4, 0.5) is 4.39 Å². The van der Waals surface area contributed by atoms with E-state index in [2.05, 4.69) is 21.2 Å². The first-order chi connectivity index (χ1) is 7.74. The Morgan fingerprint density at radius 1 is 1.41 bits per heavy atom. The lowest BCUT2D eigenvalue weighted by molar-refractivity contribution is 0.218. The van der Waals surface area contributed by atoms with Gasteiger partial charge in [0, 0.05) is 23.0 Å². The number of hydrogen-bond acceptors (Lipinski definition) is 2. The summed E-state index contributed by atoms with van der Waals surface area (Å²) >= 11 is 3.25. The molecule has 0 aromatic heterocycles. The summed E-state index contributed by atoms with van der Waals surface area (Å²) in [6.07, 6.45) is 2.38. The molecular formula is C12H16BrClFNO. The molecule has 2 nitrogen and oxygen atoms in total. The van der Waals surface area contributed by atoms with Gasteiger partial charge < -0.3 is 10.1 Å². The molecule has 1 aromatic rings. The first-order valence-electron chi connectivity index (χ1n) is 5.53. The molecule has 0 saturated carbocycles. The summed E-state index contributed by atoms with van der Waals surface area (Å²) in [5.74, 6) is 0.861. The molecular weight excluding hydrogens is 308 g/mol. The topological polar surface area (TPSA) is 21.3 Å². The highest BCUT2D eigenvalue weighted by Crippen LogP contribution is 2.21. The molecule has 1 saturated heterocycles. The van der Waals surface area contributed by atoms with Crippen LogP contribution in [0, 0.1) is 11.7 Å². The predicted octanol–water partition coefficient (Wildman–Crippen LogP) is 3.39. The Bertz CT molecular complexity index is 338. The Hall–Kier alpha value is -0.320. The molecule has 1 aliphatic rings. The minimum atomic E-state index is -0.272. The molecule has 1 N–H and O–H groups in total. The monoisotopic (exact) mass is 323 g/mol. The zero-order valence-electron chi connectivity index (χ0n) is 9.42. The van der Waals surface area contributed by atoms with Gasteiger partial charge in [0.2, 0.25) is 0 Å². The molecule has 0 bridgehead atoms. The van der Waals surface area contributed by atoms with Crippen LogP contribution >= 0.6 is 28.3 Å². The Balaban J connectivity index is 0.00000144. The van der Waals surface area contributed by atoms with E-state index in [0.717, 1.165) is 13.1 Å². The van der Waals surface area contributed by atoms with Gasteiger partial charge in [-0.3, -0.25) is 0 Å². The van der Waals surface area contributed by atoms with E-state index in [0.29, 0.717) is 22.7 Å². The largest absolute Gasteiger partial charge is 0.493 e. The zero-order chi connectivity index (χ0) is 11.4. The zero-order valence-corrected chi connectivity index (χ0v) is 11.8. The smallest absolute Gasteiger partial charge is 0.128 e. The van der Waals surface area contributed by atoms with Gasteiger partial charge >= 0.3 is 0 Å². The van der Waals surface area contributed by atoms with Crippen LogP contribution < -0.4 is 10.1 Å². The van der Waals surface area contributed by atoms with Crippen molar-refractivity contribution in [2.24, 2.45) is 5.92 Å². The molecule has 1 aliphatic heterocycles. The maximum atomic E-state index is 13.1. The molecule has 1 fully saturated rings. The Labute approximate surface area is 115 Å². The van der Waals surface area contributed by atoms with Gasteiger partial charge in [0.05, 0.1) is 6.61 Å². The summed E-state index contributed by atoms with van der Waals surface area (Å²) in [4.78, 5) is 0. The summed E-state index contributed by atoms with van der Waals surface area (Å²) < 4.78 is 19.4.